The van der Waals surface area contributed by atoms with Crippen molar-refractivity contribution >= 4 is 6.03 Å². The molecule has 1 fully saturated rings. The van der Waals surface area contributed by atoms with E-state index in [1.807, 2.05) is 12.1 Å². The monoisotopic (exact) mass is 263 g/mol. The molecular formula is C14H21N3O2. The average Bonchev–Trinajstić information content (AvgIpc) is 2.43. The average molecular weight is 263 g/mol. The Hall–Kier alpha value is -1.62. The number of aliphatic hydroxyl groups is 1. The molecule has 1 aliphatic rings. The van der Waals surface area contributed by atoms with Crippen molar-refractivity contribution in [2.45, 2.75) is 44.2 Å². The summed E-state index contributed by atoms with van der Waals surface area (Å²) in [7, 11) is 0. The van der Waals surface area contributed by atoms with Crippen LogP contribution >= 0.6 is 0 Å². The number of carbonyl (C=O) groups is 1. The van der Waals surface area contributed by atoms with E-state index in [2.05, 4.69) is 15.6 Å². The summed E-state index contributed by atoms with van der Waals surface area (Å²) in [6.07, 6.45) is 7.40. The topological polar surface area (TPSA) is 74.2 Å². The lowest BCUT2D eigenvalue weighted by Crippen LogP contribution is -2.44. The van der Waals surface area contributed by atoms with Gasteiger partial charge in [-0.3, -0.25) is 4.98 Å². The minimum atomic E-state index is -0.187. The van der Waals surface area contributed by atoms with Crippen LogP contribution < -0.4 is 10.6 Å². The molecule has 0 bridgehead atoms. The van der Waals surface area contributed by atoms with Gasteiger partial charge in [0.1, 0.15) is 0 Å². The molecule has 0 radical (unpaired) electrons. The van der Waals surface area contributed by atoms with Crippen molar-refractivity contribution in [1.82, 2.24) is 15.6 Å². The summed E-state index contributed by atoms with van der Waals surface area (Å²) in [4.78, 5) is 15.6. The molecule has 0 atom stereocenters. The van der Waals surface area contributed by atoms with Gasteiger partial charge in [-0.15, -0.1) is 0 Å². The van der Waals surface area contributed by atoms with Crippen molar-refractivity contribution in [2.24, 2.45) is 0 Å². The highest BCUT2D eigenvalue weighted by atomic mass is 16.3. The molecule has 0 unspecified atom stereocenters. The molecule has 0 spiro atoms. The Kier molecular flexibility index (Phi) is 5.15. The predicted molar refractivity (Wildman–Crippen MR) is 72.7 cm³/mol. The lowest BCUT2D eigenvalue weighted by atomic mass is 9.93. The lowest BCUT2D eigenvalue weighted by molar-refractivity contribution is 0.117. The molecule has 5 nitrogen and oxygen atoms in total. The van der Waals surface area contributed by atoms with Crippen LogP contribution in [0.5, 0.6) is 0 Å². The van der Waals surface area contributed by atoms with Gasteiger partial charge in [0.05, 0.1) is 6.10 Å². The summed E-state index contributed by atoms with van der Waals surface area (Å²) in [6.45, 7) is 0.616. The Bertz CT molecular complexity index is 389. The molecule has 1 aromatic heterocycles. The molecule has 0 aliphatic heterocycles. The van der Waals surface area contributed by atoms with E-state index in [-0.39, 0.29) is 18.2 Å². The van der Waals surface area contributed by atoms with Crippen LogP contribution in [0.25, 0.3) is 0 Å². The van der Waals surface area contributed by atoms with Crippen molar-refractivity contribution < 1.29 is 9.90 Å². The van der Waals surface area contributed by atoms with Crippen LogP contribution in [-0.2, 0) is 6.42 Å². The third-order valence-corrected chi connectivity index (χ3v) is 3.48. The maximum Gasteiger partial charge on any atom is 0.315 e. The zero-order valence-electron chi connectivity index (χ0n) is 11.0. The van der Waals surface area contributed by atoms with Gasteiger partial charge < -0.3 is 15.7 Å². The molecule has 2 amide bonds. The summed E-state index contributed by atoms with van der Waals surface area (Å²) in [5, 5.41) is 15.2. The van der Waals surface area contributed by atoms with Crippen molar-refractivity contribution in [3.8, 4) is 0 Å². The minimum absolute atomic E-state index is 0.115. The quantitative estimate of drug-likeness (QED) is 0.765. The van der Waals surface area contributed by atoms with Gasteiger partial charge in [0.2, 0.25) is 0 Å². The van der Waals surface area contributed by atoms with E-state index in [0.717, 1.165) is 37.7 Å². The van der Waals surface area contributed by atoms with Crippen LogP contribution in [0.15, 0.2) is 24.5 Å². The van der Waals surface area contributed by atoms with Crippen LogP contribution in [-0.4, -0.2) is 34.8 Å². The molecule has 0 aromatic carbocycles. The highest BCUT2D eigenvalue weighted by Gasteiger charge is 2.20. The van der Waals surface area contributed by atoms with Gasteiger partial charge in [0, 0.05) is 25.0 Å². The third-order valence-electron chi connectivity index (χ3n) is 3.48. The van der Waals surface area contributed by atoms with Gasteiger partial charge in [-0.1, -0.05) is 0 Å². The maximum absolute atomic E-state index is 11.7. The second-order valence-electron chi connectivity index (χ2n) is 5.01. The van der Waals surface area contributed by atoms with E-state index in [1.165, 1.54) is 0 Å². The van der Waals surface area contributed by atoms with Crippen LogP contribution in [0.2, 0.25) is 0 Å². The zero-order chi connectivity index (χ0) is 13.5. The van der Waals surface area contributed by atoms with Crippen molar-refractivity contribution in [3.63, 3.8) is 0 Å². The van der Waals surface area contributed by atoms with Crippen molar-refractivity contribution in [1.29, 1.82) is 0 Å². The zero-order valence-corrected chi connectivity index (χ0v) is 11.0. The molecule has 3 N–H and O–H groups in total. The van der Waals surface area contributed by atoms with Crippen LogP contribution in [0.4, 0.5) is 4.79 Å². The summed E-state index contributed by atoms with van der Waals surface area (Å²) >= 11 is 0. The number of hydrogen-bond donors (Lipinski definition) is 3. The van der Waals surface area contributed by atoms with Gasteiger partial charge in [-0.25, -0.2) is 4.79 Å². The molecule has 5 heteroatoms. The van der Waals surface area contributed by atoms with Gasteiger partial charge in [-0.05, 0) is 49.8 Å². The van der Waals surface area contributed by atoms with E-state index in [9.17, 15) is 9.90 Å². The second kappa shape index (κ2) is 7.09. The first kappa shape index (κ1) is 13.8. The van der Waals surface area contributed by atoms with Gasteiger partial charge in [-0.2, -0.15) is 0 Å². The van der Waals surface area contributed by atoms with E-state index >= 15 is 0 Å². The number of nitrogens with zero attached hydrogens (tertiary/aromatic N) is 1. The molecular weight excluding hydrogens is 242 g/mol. The normalized spacial score (nSPS) is 22.8. The fourth-order valence-corrected chi connectivity index (χ4v) is 2.33. The third kappa shape index (κ3) is 4.87. The van der Waals surface area contributed by atoms with Crippen molar-refractivity contribution in [2.75, 3.05) is 6.54 Å². The summed E-state index contributed by atoms with van der Waals surface area (Å²) in [5.74, 6) is 0. The van der Waals surface area contributed by atoms with Gasteiger partial charge in [0.25, 0.3) is 0 Å². The highest BCUT2D eigenvalue weighted by molar-refractivity contribution is 5.74. The lowest BCUT2D eigenvalue weighted by Gasteiger charge is -2.26. The largest absolute Gasteiger partial charge is 0.393 e. The van der Waals surface area contributed by atoms with E-state index in [4.69, 9.17) is 0 Å². The molecule has 1 aliphatic carbocycles. The molecule has 1 saturated carbocycles. The second-order valence-corrected chi connectivity index (χ2v) is 5.01. The van der Waals surface area contributed by atoms with Crippen LogP contribution in [0, 0.1) is 0 Å². The van der Waals surface area contributed by atoms with E-state index in [1.54, 1.807) is 12.4 Å². The number of rotatable bonds is 4. The smallest absolute Gasteiger partial charge is 0.315 e. The van der Waals surface area contributed by atoms with E-state index < -0.39 is 0 Å². The SMILES string of the molecule is O=C(NCCc1ccncc1)NC1CCC(O)CC1. The maximum atomic E-state index is 11.7. The molecule has 2 rings (SSSR count). The predicted octanol–water partition coefficient (Wildman–Crippen LogP) is 1.23. The number of urea groups is 1. The Balaban J connectivity index is 1.62. The van der Waals surface area contributed by atoms with E-state index in [0.29, 0.717) is 6.54 Å². The van der Waals surface area contributed by atoms with Crippen LogP contribution in [0.3, 0.4) is 0 Å². The first-order chi connectivity index (χ1) is 9.24. The number of pyridine rings is 1. The first-order valence-electron chi connectivity index (χ1n) is 6.85. The number of carbonyl (C=O) groups excluding carboxylic acids is 1. The first-order valence-corrected chi connectivity index (χ1v) is 6.85. The Morgan fingerprint density at radius 3 is 2.63 bits per heavy atom. The number of amides is 2. The number of aromatic nitrogens is 1. The Morgan fingerprint density at radius 1 is 1.26 bits per heavy atom. The number of nitrogens with one attached hydrogen (secondary N) is 2. The molecule has 1 aromatic rings. The van der Waals surface area contributed by atoms with Crippen LogP contribution in [0.1, 0.15) is 31.2 Å². The minimum Gasteiger partial charge on any atom is -0.393 e. The molecule has 1 heterocycles. The summed E-state index contributed by atoms with van der Waals surface area (Å²) in [5.41, 5.74) is 1.16. The van der Waals surface area contributed by atoms with Gasteiger partial charge in [0.15, 0.2) is 0 Å². The summed E-state index contributed by atoms with van der Waals surface area (Å²) < 4.78 is 0. The number of aliphatic hydroxyl groups excluding tert-OH is 1. The Labute approximate surface area is 113 Å². The Morgan fingerprint density at radius 2 is 1.95 bits per heavy atom. The molecule has 0 saturated heterocycles. The van der Waals surface area contributed by atoms with Gasteiger partial charge >= 0.3 is 6.03 Å². The summed E-state index contributed by atoms with van der Waals surface area (Å²) in [6, 6.07) is 3.98. The molecule has 19 heavy (non-hydrogen) atoms. The fourth-order valence-electron chi connectivity index (χ4n) is 2.33. The standard InChI is InChI=1S/C14H21N3O2/c18-13-3-1-12(2-4-13)17-14(19)16-10-7-11-5-8-15-9-6-11/h5-6,8-9,12-13,18H,1-4,7,10H2,(H2,16,17,19). The van der Waals surface area contributed by atoms with Crippen molar-refractivity contribution in [3.05, 3.63) is 30.1 Å². The fraction of sp³-hybridized carbons (Fsp3) is 0.571. The molecule has 104 valence electrons. The number of hydrogen-bond acceptors (Lipinski definition) is 3. The highest BCUT2D eigenvalue weighted by Crippen LogP contribution is 2.17.